The van der Waals surface area contributed by atoms with Crippen molar-refractivity contribution in [3.05, 3.63) is 57.9 Å². The lowest BCUT2D eigenvalue weighted by molar-refractivity contribution is 0.0751. The van der Waals surface area contributed by atoms with E-state index >= 15 is 0 Å². The summed E-state index contributed by atoms with van der Waals surface area (Å²) in [5, 5.41) is 8.97. The topological polar surface area (TPSA) is 91.0 Å². The Bertz CT molecular complexity index is 1040. The van der Waals surface area contributed by atoms with Gasteiger partial charge in [-0.05, 0) is 32.0 Å². The Morgan fingerprint density at radius 3 is 2.71 bits per heavy atom. The molecule has 3 aromatic heterocycles. The molecule has 28 heavy (non-hydrogen) atoms. The van der Waals surface area contributed by atoms with Gasteiger partial charge >= 0.3 is 6.01 Å². The molecule has 1 aliphatic rings. The summed E-state index contributed by atoms with van der Waals surface area (Å²) < 4.78 is 8.37. The molecule has 9 heteroatoms. The molecule has 0 aliphatic carbocycles. The number of ether oxygens (including phenoxy) is 1. The number of rotatable bonds is 6. The summed E-state index contributed by atoms with van der Waals surface area (Å²) >= 11 is 0. The fraction of sp³-hybridized carbons (Fsp3) is 0.421. The predicted molar refractivity (Wildman–Crippen MR) is 102 cm³/mol. The van der Waals surface area contributed by atoms with Crippen molar-refractivity contribution in [2.45, 2.75) is 26.9 Å². The zero-order chi connectivity index (χ0) is 19.7. The molecule has 4 rings (SSSR count). The van der Waals surface area contributed by atoms with Crippen molar-refractivity contribution >= 4 is 0 Å². The third kappa shape index (κ3) is 3.79. The van der Waals surface area contributed by atoms with Crippen LogP contribution in [0.25, 0.3) is 5.82 Å². The van der Waals surface area contributed by atoms with E-state index in [-0.39, 0.29) is 5.56 Å². The summed E-state index contributed by atoms with van der Waals surface area (Å²) in [7, 11) is 1.56. The molecule has 0 N–H and O–H groups in total. The maximum atomic E-state index is 12.2. The normalized spacial score (nSPS) is 14.8. The van der Waals surface area contributed by atoms with Gasteiger partial charge in [0.15, 0.2) is 5.82 Å². The molecule has 9 nitrogen and oxygen atoms in total. The number of methoxy groups -OCH3 is 1. The molecule has 4 heterocycles. The van der Waals surface area contributed by atoms with Gasteiger partial charge in [0, 0.05) is 43.5 Å². The van der Waals surface area contributed by atoms with Crippen LogP contribution in [0.2, 0.25) is 0 Å². The molecule has 0 aromatic carbocycles. The van der Waals surface area contributed by atoms with Gasteiger partial charge in [-0.1, -0.05) is 0 Å². The van der Waals surface area contributed by atoms with Crippen molar-refractivity contribution in [3.8, 4) is 11.8 Å². The van der Waals surface area contributed by atoms with Crippen LogP contribution in [-0.2, 0) is 13.1 Å². The smallest absolute Gasteiger partial charge is 0.316 e. The Morgan fingerprint density at radius 1 is 1.18 bits per heavy atom. The Morgan fingerprint density at radius 2 is 2.00 bits per heavy atom. The van der Waals surface area contributed by atoms with Crippen molar-refractivity contribution < 1.29 is 4.74 Å². The molecule has 0 radical (unpaired) electrons. The number of hydrogen-bond donors (Lipinski definition) is 0. The first-order valence-electron chi connectivity index (χ1n) is 9.22. The van der Waals surface area contributed by atoms with Gasteiger partial charge in [0.05, 0.1) is 25.0 Å². The highest BCUT2D eigenvalue weighted by Gasteiger charge is 2.28. The van der Waals surface area contributed by atoms with E-state index in [1.807, 2.05) is 26.0 Å². The second-order valence-corrected chi connectivity index (χ2v) is 7.15. The maximum absolute atomic E-state index is 12.2. The van der Waals surface area contributed by atoms with Gasteiger partial charge in [0.2, 0.25) is 0 Å². The van der Waals surface area contributed by atoms with Gasteiger partial charge < -0.3 is 4.74 Å². The van der Waals surface area contributed by atoms with Crippen molar-refractivity contribution in [2.75, 3.05) is 20.2 Å². The monoisotopic (exact) mass is 381 g/mol. The highest BCUT2D eigenvalue weighted by molar-refractivity contribution is 5.23. The second kappa shape index (κ2) is 7.51. The summed E-state index contributed by atoms with van der Waals surface area (Å²) in [6.07, 6.45) is 1.70. The molecule has 146 valence electrons. The van der Waals surface area contributed by atoms with Gasteiger partial charge in [-0.25, -0.2) is 14.3 Å². The lowest BCUT2D eigenvalue weighted by Crippen LogP contribution is -2.49. The van der Waals surface area contributed by atoms with E-state index in [1.54, 1.807) is 34.8 Å². The fourth-order valence-electron chi connectivity index (χ4n) is 3.50. The molecule has 0 spiro atoms. The van der Waals surface area contributed by atoms with Crippen LogP contribution in [0, 0.1) is 19.8 Å². The lowest BCUT2D eigenvalue weighted by atomic mass is 10.00. The van der Waals surface area contributed by atoms with Gasteiger partial charge in [0.1, 0.15) is 0 Å². The van der Waals surface area contributed by atoms with Crippen molar-refractivity contribution in [1.82, 2.24) is 34.4 Å². The average molecular weight is 381 g/mol. The standard InChI is InChI=1S/C19H23N7O2/c1-13-8-14(2)26(22-13)17-4-5-18(27)25(23-17)11-15-9-24(10-15)12-16-6-7-20-19(21-16)28-3/h4-8,15H,9-12H2,1-3H3. The Kier molecular flexibility index (Phi) is 4.91. The summed E-state index contributed by atoms with van der Waals surface area (Å²) in [4.78, 5) is 22.9. The average Bonchev–Trinajstić information content (AvgIpc) is 3.00. The highest BCUT2D eigenvalue weighted by Crippen LogP contribution is 2.19. The van der Waals surface area contributed by atoms with Crippen LogP contribution in [0.1, 0.15) is 17.1 Å². The molecular formula is C19H23N7O2. The molecule has 0 bridgehead atoms. The first-order chi connectivity index (χ1) is 13.5. The zero-order valence-corrected chi connectivity index (χ0v) is 16.2. The van der Waals surface area contributed by atoms with Crippen molar-refractivity contribution in [1.29, 1.82) is 0 Å². The largest absolute Gasteiger partial charge is 0.467 e. The molecule has 1 saturated heterocycles. The molecule has 1 fully saturated rings. The molecule has 0 saturated carbocycles. The van der Waals surface area contributed by atoms with Crippen LogP contribution >= 0.6 is 0 Å². The predicted octanol–water partition coefficient (Wildman–Crippen LogP) is 0.976. The Hall–Kier alpha value is -3.07. The first-order valence-corrected chi connectivity index (χ1v) is 9.22. The van der Waals surface area contributed by atoms with E-state index < -0.39 is 0 Å². The number of aryl methyl sites for hydroxylation is 2. The van der Waals surface area contributed by atoms with E-state index in [0.29, 0.717) is 24.3 Å². The maximum Gasteiger partial charge on any atom is 0.316 e. The third-order valence-electron chi connectivity index (χ3n) is 4.80. The zero-order valence-electron chi connectivity index (χ0n) is 16.2. The molecule has 1 aliphatic heterocycles. The van der Waals surface area contributed by atoms with Crippen LogP contribution in [0.5, 0.6) is 6.01 Å². The van der Waals surface area contributed by atoms with Crippen LogP contribution in [-0.4, -0.2) is 54.6 Å². The number of nitrogens with zero attached hydrogens (tertiary/aromatic N) is 7. The summed E-state index contributed by atoms with van der Waals surface area (Å²) in [6, 6.07) is 7.53. The minimum Gasteiger partial charge on any atom is -0.467 e. The van der Waals surface area contributed by atoms with Crippen molar-refractivity contribution in [3.63, 3.8) is 0 Å². The van der Waals surface area contributed by atoms with E-state index in [9.17, 15) is 4.79 Å². The molecule has 3 aromatic rings. The van der Waals surface area contributed by atoms with E-state index in [4.69, 9.17) is 4.74 Å². The SMILES string of the molecule is COc1nccc(CN2CC(Cn3nc(-n4nc(C)cc4C)ccc3=O)C2)n1. The quantitative estimate of drug-likeness (QED) is 0.628. The third-order valence-corrected chi connectivity index (χ3v) is 4.80. The molecule has 0 atom stereocenters. The van der Waals surface area contributed by atoms with E-state index in [1.165, 1.54) is 0 Å². The van der Waals surface area contributed by atoms with Crippen LogP contribution < -0.4 is 10.3 Å². The van der Waals surface area contributed by atoms with E-state index in [2.05, 4.69) is 25.1 Å². The molecule has 0 unspecified atom stereocenters. The van der Waals surface area contributed by atoms with E-state index in [0.717, 1.165) is 36.7 Å². The van der Waals surface area contributed by atoms with Gasteiger partial charge in [-0.2, -0.15) is 10.1 Å². The van der Waals surface area contributed by atoms with Gasteiger partial charge in [-0.15, -0.1) is 5.10 Å². The first kappa shape index (κ1) is 18.3. The molecular weight excluding hydrogens is 358 g/mol. The Labute approximate surface area is 162 Å². The van der Waals surface area contributed by atoms with Crippen LogP contribution in [0.3, 0.4) is 0 Å². The minimum atomic E-state index is -0.0933. The highest BCUT2D eigenvalue weighted by atomic mass is 16.5. The van der Waals surface area contributed by atoms with Crippen LogP contribution in [0.15, 0.2) is 35.3 Å². The summed E-state index contributed by atoms with van der Waals surface area (Å²) in [6.45, 7) is 7.03. The lowest BCUT2D eigenvalue weighted by Gasteiger charge is -2.39. The summed E-state index contributed by atoms with van der Waals surface area (Å²) in [5.74, 6) is 1.04. The van der Waals surface area contributed by atoms with Crippen molar-refractivity contribution in [2.24, 2.45) is 5.92 Å². The Balaban J connectivity index is 1.40. The number of hydrogen-bond acceptors (Lipinski definition) is 7. The van der Waals surface area contributed by atoms with Gasteiger partial charge in [0.25, 0.3) is 5.56 Å². The van der Waals surface area contributed by atoms with Crippen LogP contribution in [0.4, 0.5) is 0 Å². The fourth-order valence-corrected chi connectivity index (χ4v) is 3.50. The minimum absolute atomic E-state index is 0.0933. The number of aromatic nitrogens is 6. The van der Waals surface area contributed by atoms with Gasteiger partial charge in [-0.3, -0.25) is 9.69 Å². The summed E-state index contributed by atoms with van der Waals surface area (Å²) in [5.41, 5.74) is 2.75. The second-order valence-electron chi connectivity index (χ2n) is 7.15. The molecule has 0 amide bonds. The number of likely N-dealkylation sites (tertiary alicyclic amines) is 1.